The van der Waals surface area contributed by atoms with Crippen molar-refractivity contribution in [2.75, 3.05) is 7.11 Å². The highest BCUT2D eigenvalue weighted by molar-refractivity contribution is 7.14. The standard InChI is InChI=1S/C11H6O5S/c1-16-11(15)6-4-17-10-8(6)5(3-12)2-7(13)9(10)14/h2-4H,1H3. The first-order chi connectivity index (χ1) is 8.10. The average molecular weight is 250 g/mol. The quantitative estimate of drug-likeness (QED) is 0.442. The fourth-order valence-corrected chi connectivity index (χ4v) is 2.56. The van der Waals surface area contributed by atoms with Crippen LogP contribution in [0.2, 0.25) is 0 Å². The number of hydrogen-bond acceptors (Lipinski definition) is 6. The fourth-order valence-electron chi connectivity index (χ4n) is 1.56. The largest absolute Gasteiger partial charge is 0.465 e. The molecule has 0 radical (unpaired) electrons. The van der Waals surface area contributed by atoms with E-state index >= 15 is 0 Å². The SMILES string of the molecule is COC(=O)c1csc2c1C(C=O)=CC(=O)C2=O. The molecule has 0 saturated carbocycles. The smallest absolute Gasteiger partial charge is 0.339 e. The molecule has 17 heavy (non-hydrogen) atoms. The molecule has 1 aromatic heterocycles. The minimum atomic E-state index is -0.752. The molecule has 86 valence electrons. The third-order valence-corrected chi connectivity index (χ3v) is 3.31. The van der Waals surface area contributed by atoms with Gasteiger partial charge in [0.15, 0.2) is 6.29 Å². The molecule has 0 amide bonds. The van der Waals surface area contributed by atoms with E-state index in [9.17, 15) is 19.2 Å². The Labute approximate surface area is 99.7 Å². The van der Waals surface area contributed by atoms with Crippen LogP contribution in [0.4, 0.5) is 0 Å². The van der Waals surface area contributed by atoms with Gasteiger partial charge in [0.1, 0.15) is 0 Å². The van der Waals surface area contributed by atoms with Crippen LogP contribution in [0.3, 0.4) is 0 Å². The molecule has 5 nitrogen and oxygen atoms in total. The number of fused-ring (bicyclic) bond motifs is 1. The van der Waals surface area contributed by atoms with Gasteiger partial charge in [0.05, 0.1) is 17.6 Å². The van der Waals surface area contributed by atoms with Crippen molar-refractivity contribution >= 4 is 40.7 Å². The molecule has 2 rings (SSSR count). The number of Topliss-reactive ketones (excluding diaryl/α,β-unsaturated/α-hetero) is 1. The van der Waals surface area contributed by atoms with E-state index in [1.807, 2.05) is 0 Å². The van der Waals surface area contributed by atoms with Crippen molar-refractivity contribution in [3.8, 4) is 0 Å². The molecular formula is C11H6O5S. The van der Waals surface area contributed by atoms with Crippen molar-refractivity contribution in [2.24, 2.45) is 0 Å². The lowest BCUT2D eigenvalue weighted by Gasteiger charge is -2.08. The van der Waals surface area contributed by atoms with Gasteiger partial charge in [-0.25, -0.2) is 4.79 Å². The van der Waals surface area contributed by atoms with Crippen LogP contribution in [0.5, 0.6) is 0 Å². The second-order valence-electron chi connectivity index (χ2n) is 3.26. The summed E-state index contributed by atoms with van der Waals surface area (Å²) in [5.41, 5.74) is 0.361. The van der Waals surface area contributed by atoms with Gasteiger partial charge in [-0.1, -0.05) is 0 Å². The van der Waals surface area contributed by atoms with E-state index in [0.717, 1.165) is 17.4 Å². The monoisotopic (exact) mass is 250 g/mol. The van der Waals surface area contributed by atoms with Crippen LogP contribution in [0.1, 0.15) is 25.6 Å². The number of thiophene rings is 1. The summed E-state index contributed by atoms with van der Waals surface area (Å²) in [5.74, 6) is -2.10. The highest BCUT2D eigenvalue weighted by atomic mass is 32.1. The van der Waals surface area contributed by atoms with Gasteiger partial charge in [0.2, 0.25) is 11.6 Å². The van der Waals surface area contributed by atoms with Gasteiger partial charge in [0.25, 0.3) is 0 Å². The number of ketones is 2. The minimum Gasteiger partial charge on any atom is -0.465 e. The number of methoxy groups -OCH3 is 1. The number of carbonyl (C=O) groups excluding carboxylic acids is 4. The Kier molecular flexibility index (Phi) is 2.72. The zero-order chi connectivity index (χ0) is 12.6. The number of rotatable bonds is 2. The van der Waals surface area contributed by atoms with Crippen molar-refractivity contribution in [1.29, 1.82) is 0 Å². The summed E-state index contributed by atoms with van der Waals surface area (Å²) in [4.78, 5) is 45.2. The van der Waals surface area contributed by atoms with Crippen molar-refractivity contribution in [2.45, 2.75) is 0 Å². The van der Waals surface area contributed by atoms with Gasteiger partial charge in [-0.05, 0) is 0 Å². The normalized spacial score (nSPS) is 14.1. The van der Waals surface area contributed by atoms with Gasteiger partial charge in [-0.15, -0.1) is 11.3 Å². The highest BCUT2D eigenvalue weighted by Gasteiger charge is 2.31. The van der Waals surface area contributed by atoms with E-state index in [0.29, 0.717) is 6.29 Å². The van der Waals surface area contributed by atoms with Crippen LogP contribution in [0, 0.1) is 0 Å². The Morgan fingerprint density at radius 3 is 2.71 bits per heavy atom. The molecule has 1 heterocycles. The lowest BCUT2D eigenvalue weighted by Crippen LogP contribution is -2.18. The molecule has 1 aliphatic carbocycles. The second kappa shape index (κ2) is 4.06. The van der Waals surface area contributed by atoms with Gasteiger partial charge < -0.3 is 4.74 Å². The van der Waals surface area contributed by atoms with E-state index in [4.69, 9.17) is 0 Å². The summed E-state index contributed by atoms with van der Waals surface area (Å²) >= 11 is 0.956. The first-order valence-corrected chi connectivity index (χ1v) is 5.43. The average Bonchev–Trinajstić information content (AvgIpc) is 2.77. The van der Waals surface area contributed by atoms with Crippen LogP contribution < -0.4 is 0 Å². The molecule has 0 bridgehead atoms. The molecule has 0 N–H and O–H groups in total. The highest BCUT2D eigenvalue weighted by Crippen LogP contribution is 2.32. The number of hydrogen-bond donors (Lipinski definition) is 0. The zero-order valence-corrected chi connectivity index (χ0v) is 9.50. The maximum atomic E-state index is 11.6. The molecule has 0 spiro atoms. The summed E-state index contributed by atoms with van der Waals surface area (Å²) in [6.45, 7) is 0. The Morgan fingerprint density at radius 1 is 1.41 bits per heavy atom. The number of esters is 1. The molecule has 0 saturated heterocycles. The van der Waals surface area contributed by atoms with Crippen LogP contribution in [-0.2, 0) is 14.3 Å². The molecule has 0 unspecified atom stereocenters. The number of aldehydes is 1. The predicted octanol–water partition coefficient (Wildman–Crippen LogP) is 0.882. The zero-order valence-electron chi connectivity index (χ0n) is 8.68. The molecule has 0 aliphatic heterocycles. The van der Waals surface area contributed by atoms with Crippen LogP contribution in [-0.4, -0.2) is 30.9 Å². The molecule has 0 fully saturated rings. The maximum absolute atomic E-state index is 11.6. The van der Waals surface area contributed by atoms with E-state index in [2.05, 4.69) is 4.74 Å². The first kappa shape index (κ1) is 11.4. The summed E-state index contributed by atoms with van der Waals surface area (Å²) in [7, 11) is 1.20. The van der Waals surface area contributed by atoms with Crippen LogP contribution >= 0.6 is 11.3 Å². The molecule has 0 atom stereocenters. The van der Waals surface area contributed by atoms with Crippen molar-refractivity contribution in [1.82, 2.24) is 0 Å². The molecule has 0 aromatic carbocycles. The van der Waals surface area contributed by atoms with Crippen LogP contribution in [0.25, 0.3) is 5.57 Å². The molecule has 1 aliphatic rings. The second-order valence-corrected chi connectivity index (χ2v) is 4.14. The summed E-state index contributed by atoms with van der Waals surface area (Å²) < 4.78 is 4.54. The maximum Gasteiger partial charge on any atom is 0.339 e. The van der Waals surface area contributed by atoms with Crippen molar-refractivity contribution < 1.29 is 23.9 Å². The van der Waals surface area contributed by atoms with E-state index in [-0.39, 0.29) is 21.6 Å². The Bertz CT molecular complexity index is 579. The third kappa shape index (κ3) is 1.62. The van der Waals surface area contributed by atoms with Gasteiger partial charge in [0, 0.05) is 22.6 Å². The topological polar surface area (TPSA) is 77.5 Å². The van der Waals surface area contributed by atoms with Crippen molar-refractivity contribution in [3.05, 3.63) is 27.5 Å². The Morgan fingerprint density at radius 2 is 2.12 bits per heavy atom. The van der Waals surface area contributed by atoms with E-state index in [1.165, 1.54) is 12.5 Å². The van der Waals surface area contributed by atoms with E-state index in [1.54, 1.807) is 0 Å². The number of allylic oxidation sites excluding steroid dienone is 2. The third-order valence-electron chi connectivity index (χ3n) is 2.33. The first-order valence-electron chi connectivity index (χ1n) is 4.55. The Balaban J connectivity index is 2.69. The summed E-state index contributed by atoms with van der Waals surface area (Å²) in [5, 5.41) is 1.41. The van der Waals surface area contributed by atoms with Gasteiger partial charge >= 0.3 is 5.97 Å². The van der Waals surface area contributed by atoms with Gasteiger partial charge in [-0.2, -0.15) is 0 Å². The van der Waals surface area contributed by atoms with Crippen molar-refractivity contribution in [3.63, 3.8) is 0 Å². The fraction of sp³-hybridized carbons (Fsp3) is 0.0909. The summed E-state index contributed by atoms with van der Waals surface area (Å²) in [6, 6.07) is 0. The van der Waals surface area contributed by atoms with Gasteiger partial charge in [-0.3, -0.25) is 14.4 Å². The Hall–Kier alpha value is -2.08. The number of carbonyl (C=O) groups is 4. The minimum absolute atomic E-state index is 0.0336. The predicted molar refractivity (Wildman–Crippen MR) is 59.0 cm³/mol. The summed E-state index contributed by atoms with van der Waals surface area (Å²) in [6.07, 6.45) is 1.39. The molecule has 1 aromatic rings. The van der Waals surface area contributed by atoms with Crippen LogP contribution in [0.15, 0.2) is 11.5 Å². The molecule has 6 heteroatoms. The number of ether oxygens (including phenoxy) is 1. The lowest BCUT2D eigenvalue weighted by molar-refractivity contribution is -0.111. The lowest BCUT2D eigenvalue weighted by atomic mass is 9.94. The van der Waals surface area contributed by atoms with E-state index < -0.39 is 17.5 Å². The molecular weight excluding hydrogens is 244 g/mol.